The van der Waals surface area contributed by atoms with Gasteiger partial charge in [-0.1, -0.05) is 0 Å². The zero-order valence-electron chi connectivity index (χ0n) is 9.34. The average Bonchev–Trinajstić information content (AvgIpc) is 2.20. The molecule has 1 rings (SSSR count). The number of carbonyl (C=O) groups excluding carboxylic acids is 1. The van der Waals surface area contributed by atoms with Gasteiger partial charge in [-0.2, -0.15) is 0 Å². The third kappa shape index (κ3) is 4.24. The summed E-state index contributed by atoms with van der Waals surface area (Å²) in [6.07, 6.45) is 1.51. The quantitative estimate of drug-likeness (QED) is 0.905. The Bertz CT molecular complexity index is 312. The molecule has 0 unspecified atom stereocenters. The molecule has 0 atom stereocenters. The zero-order chi connectivity index (χ0) is 10.6. The third-order valence-electron chi connectivity index (χ3n) is 2.12. The fourth-order valence-corrected chi connectivity index (χ4v) is 1.27. The van der Waals surface area contributed by atoms with Crippen LogP contribution in [-0.2, 0) is 0 Å². The van der Waals surface area contributed by atoms with Crippen LogP contribution in [0.2, 0.25) is 0 Å². The van der Waals surface area contributed by atoms with Crippen molar-refractivity contribution >= 4 is 36.5 Å². The molecule has 0 radical (unpaired) electrons. The highest BCUT2D eigenvalue weighted by molar-refractivity contribution is 5.92. The third-order valence-corrected chi connectivity index (χ3v) is 2.12. The molecule has 0 fully saturated rings. The molecule has 92 valence electrons. The first-order valence-corrected chi connectivity index (χ1v) is 4.69. The number of nitrogens with zero attached hydrogens (tertiary/aromatic N) is 2. The molecule has 0 saturated carbocycles. The molecule has 1 aromatic heterocycles. The number of hydrogen-bond donors (Lipinski definition) is 1. The van der Waals surface area contributed by atoms with Crippen molar-refractivity contribution in [3.63, 3.8) is 0 Å². The van der Waals surface area contributed by atoms with Gasteiger partial charge in [0.25, 0.3) is 0 Å². The van der Waals surface area contributed by atoms with Gasteiger partial charge in [-0.15, -0.1) is 24.8 Å². The molecule has 0 bridgehead atoms. The van der Waals surface area contributed by atoms with Crippen molar-refractivity contribution in [2.75, 3.05) is 18.0 Å². The van der Waals surface area contributed by atoms with E-state index in [-0.39, 0.29) is 24.8 Å². The van der Waals surface area contributed by atoms with Gasteiger partial charge < -0.3 is 10.6 Å². The molecule has 1 heterocycles. The van der Waals surface area contributed by atoms with Crippen LogP contribution in [0.1, 0.15) is 24.2 Å². The maximum Gasteiger partial charge on any atom is 0.250 e. The normalized spacial score (nSPS) is 8.62. The van der Waals surface area contributed by atoms with Gasteiger partial charge in [0, 0.05) is 19.3 Å². The zero-order valence-corrected chi connectivity index (χ0v) is 11.0. The molecule has 16 heavy (non-hydrogen) atoms. The Hall–Kier alpha value is -1.000. The number of anilines is 1. The number of aromatic nitrogens is 1. The van der Waals surface area contributed by atoms with Crippen molar-refractivity contribution < 1.29 is 4.79 Å². The van der Waals surface area contributed by atoms with E-state index in [1.165, 1.54) is 6.20 Å². The molecule has 2 N–H and O–H groups in total. The first kappa shape index (κ1) is 17.4. The number of hydrogen-bond acceptors (Lipinski definition) is 3. The Labute approximate surface area is 108 Å². The summed E-state index contributed by atoms with van der Waals surface area (Å²) < 4.78 is 0. The van der Waals surface area contributed by atoms with Gasteiger partial charge >= 0.3 is 0 Å². The van der Waals surface area contributed by atoms with Crippen LogP contribution in [-0.4, -0.2) is 24.0 Å². The summed E-state index contributed by atoms with van der Waals surface area (Å²) in [5.74, 6) is 0.434. The molecule has 0 aliphatic rings. The van der Waals surface area contributed by atoms with Crippen LogP contribution in [0.3, 0.4) is 0 Å². The van der Waals surface area contributed by atoms with E-state index in [1.807, 2.05) is 6.07 Å². The molecule has 0 aliphatic carbocycles. The average molecular weight is 266 g/mol. The molecule has 0 spiro atoms. The molecule has 0 saturated heterocycles. The van der Waals surface area contributed by atoms with Gasteiger partial charge in [-0.3, -0.25) is 4.79 Å². The topological polar surface area (TPSA) is 59.2 Å². The van der Waals surface area contributed by atoms with E-state index in [9.17, 15) is 4.79 Å². The lowest BCUT2D eigenvalue weighted by atomic mass is 10.2. The van der Waals surface area contributed by atoms with Crippen LogP contribution >= 0.6 is 24.8 Å². The van der Waals surface area contributed by atoms with Gasteiger partial charge in [-0.25, -0.2) is 4.98 Å². The fourth-order valence-electron chi connectivity index (χ4n) is 1.27. The number of pyridine rings is 1. The molecule has 1 amide bonds. The van der Waals surface area contributed by atoms with E-state index in [2.05, 4.69) is 23.7 Å². The summed E-state index contributed by atoms with van der Waals surface area (Å²) in [4.78, 5) is 17.1. The van der Waals surface area contributed by atoms with E-state index in [4.69, 9.17) is 5.73 Å². The summed E-state index contributed by atoms with van der Waals surface area (Å²) in [7, 11) is 0. The SMILES string of the molecule is CCN(CC)c1ccc(C(N)=O)cn1.Cl.Cl. The minimum Gasteiger partial charge on any atom is -0.366 e. The maximum absolute atomic E-state index is 10.8. The second-order valence-electron chi connectivity index (χ2n) is 2.94. The summed E-state index contributed by atoms with van der Waals surface area (Å²) in [5.41, 5.74) is 5.56. The summed E-state index contributed by atoms with van der Waals surface area (Å²) in [6, 6.07) is 3.51. The van der Waals surface area contributed by atoms with Gasteiger partial charge in [0.1, 0.15) is 5.82 Å². The van der Waals surface area contributed by atoms with Crippen molar-refractivity contribution in [1.82, 2.24) is 4.98 Å². The highest BCUT2D eigenvalue weighted by Gasteiger charge is 2.04. The molecule has 0 aliphatic heterocycles. The minimum absolute atomic E-state index is 0. The second kappa shape index (κ2) is 8.19. The number of carbonyl (C=O) groups is 1. The van der Waals surface area contributed by atoms with E-state index < -0.39 is 5.91 Å². The summed E-state index contributed by atoms with van der Waals surface area (Å²) in [5, 5.41) is 0. The molecule has 1 aromatic rings. The lowest BCUT2D eigenvalue weighted by molar-refractivity contribution is 0.1000. The van der Waals surface area contributed by atoms with Crippen molar-refractivity contribution in [3.05, 3.63) is 23.9 Å². The number of primary amides is 1. The first-order valence-electron chi connectivity index (χ1n) is 4.69. The lowest BCUT2D eigenvalue weighted by Gasteiger charge is -2.19. The number of halogens is 2. The van der Waals surface area contributed by atoms with Crippen LogP contribution in [0, 0.1) is 0 Å². The number of nitrogens with two attached hydrogens (primary N) is 1. The molecule has 6 heteroatoms. The summed E-state index contributed by atoms with van der Waals surface area (Å²) >= 11 is 0. The van der Waals surface area contributed by atoms with E-state index >= 15 is 0 Å². The molecule has 4 nitrogen and oxygen atoms in total. The Morgan fingerprint density at radius 3 is 2.19 bits per heavy atom. The van der Waals surface area contributed by atoms with E-state index in [0.717, 1.165) is 18.9 Å². The Morgan fingerprint density at radius 2 is 1.88 bits per heavy atom. The molecular formula is C10H17Cl2N3O. The predicted molar refractivity (Wildman–Crippen MR) is 70.8 cm³/mol. The van der Waals surface area contributed by atoms with Crippen LogP contribution in [0.5, 0.6) is 0 Å². The monoisotopic (exact) mass is 265 g/mol. The van der Waals surface area contributed by atoms with E-state index in [0.29, 0.717) is 5.56 Å². The lowest BCUT2D eigenvalue weighted by Crippen LogP contribution is -2.23. The minimum atomic E-state index is -0.441. The highest BCUT2D eigenvalue weighted by atomic mass is 35.5. The number of rotatable bonds is 4. The van der Waals surface area contributed by atoms with Crippen molar-refractivity contribution in [2.24, 2.45) is 5.73 Å². The fraction of sp³-hybridized carbons (Fsp3) is 0.400. The van der Waals surface area contributed by atoms with Gasteiger partial charge in [0.05, 0.1) is 5.56 Å². The van der Waals surface area contributed by atoms with Gasteiger partial charge in [0.2, 0.25) is 5.91 Å². The van der Waals surface area contributed by atoms with Gasteiger partial charge in [-0.05, 0) is 26.0 Å². The maximum atomic E-state index is 10.8. The largest absolute Gasteiger partial charge is 0.366 e. The van der Waals surface area contributed by atoms with Crippen LogP contribution in [0.15, 0.2) is 18.3 Å². The van der Waals surface area contributed by atoms with Crippen LogP contribution < -0.4 is 10.6 Å². The van der Waals surface area contributed by atoms with Crippen LogP contribution in [0.25, 0.3) is 0 Å². The Balaban J connectivity index is 0. The standard InChI is InChI=1S/C10H15N3O.2ClH/c1-3-13(4-2)9-6-5-8(7-12-9)10(11)14;;/h5-7H,3-4H2,1-2H3,(H2,11,14);2*1H. The summed E-state index contributed by atoms with van der Waals surface area (Å²) in [6.45, 7) is 5.93. The van der Waals surface area contributed by atoms with Gasteiger partial charge in [0.15, 0.2) is 0 Å². The van der Waals surface area contributed by atoms with E-state index in [1.54, 1.807) is 6.07 Å². The number of amides is 1. The Kier molecular flexibility index (Phi) is 8.90. The van der Waals surface area contributed by atoms with Crippen molar-refractivity contribution in [1.29, 1.82) is 0 Å². The molecular weight excluding hydrogens is 249 g/mol. The van der Waals surface area contributed by atoms with Crippen LogP contribution in [0.4, 0.5) is 5.82 Å². The Morgan fingerprint density at radius 1 is 1.31 bits per heavy atom. The first-order chi connectivity index (χ1) is 6.69. The predicted octanol–water partition coefficient (Wildman–Crippen LogP) is 1.87. The second-order valence-corrected chi connectivity index (χ2v) is 2.94. The van der Waals surface area contributed by atoms with Crippen molar-refractivity contribution in [2.45, 2.75) is 13.8 Å². The highest BCUT2D eigenvalue weighted by Crippen LogP contribution is 2.10. The molecule has 0 aromatic carbocycles. The smallest absolute Gasteiger partial charge is 0.250 e. The van der Waals surface area contributed by atoms with Crippen molar-refractivity contribution in [3.8, 4) is 0 Å².